The maximum atomic E-state index is 14.8. The molecule has 0 fully saturated rings. The fraction of sp³-hybridized carbons (Fsp3) is 0.586. The Balaban J connectivity index is 1.75. The van der Waals surface area contributed by atoms with Crippen molar-refractivity contribution in [3.63, 3.8) is 0 Å². The summed E-state index contributed by atoms with van der Waals surface area (Å²) in [4.78, 5) is 35.9. The Morgan fingerprint density at radius 2 is 0.521 bits per heavy atom. The summed E-state index contributed by atoms with van der Waals surface area (Å²) in [6, 6.07) is 16.4. The molecular weight excluding hydrogens is 1030 g/mol. The molecule has 1 unspecified atom stereocenters. The van der Waals surface area contributed by atoms with Crippen LogP contribution < -0.4 is 13.6 Å². The second kappa shape index (κ2) is 21.9. The number of phenols is 1. The molecule has 1 atom stereocenters. The van der Waals surface area contributed by atoms with Crippen molar-refractivity contribution in [1.29, 1.82) is 0 Å². The van der Waals surface area contributed by atoms with Crippen molar-refractivity contribution >= 4 is 62.7 Å². The molecule has 15 heteroatoms. The number of phosphoric ester groups is 2. The smallest absolute Gasteiger partial charge is 0.507 e. The summed E-state index contributed by atoms with van der Waals surface area (Å²) in [5.41, 5.74) is 2.99. The van der Waals surface area contributed by atoms with Crippen LogP contribution in [0.2, 0.25) is 0 Å². The minimum absolute atomic E-state index is 0.220. The van der Waals surface area contributed by atoms with Crippen molar-refractivity contribution in [2.24, 2.45) is 0 Å². The third kappa shape index (κ3) is 17.2. The van der Waals surface area contributed by atoms with Crippen molar-refractivity contribution in [2.75, 3.05) is 10.2 Å². The molecule has 73 heavy (non-hydrogen) atoms. The van der Waals surface area contributed by atoms with E-state index in [-0.39, 0.29) is 16.6 Å². The van der Waals surface area contributed by atoms with Crippen LogP contribution in [0.3, 0.4) is 0 Å². The number of thioether (sulfide) groups is 4. The molecule has 0 aliphatic carbocycles. The first kappa shape index (κ1) is 63.4. The van der Waals surface area contributed by atoms with Gasteiger partial charge in [-0.3, -0.25) is 14.7 Å². The summed E-state index contributed by atoms with van der Waals surface area (Å²) in [6.07, 6.45) is 0. The molecule has 0 heterocycles. The third-order valence-electron chi connectivity index (χ3n) is 12.3. The van der Waals surface area contributed by atoms with Gasteiger partial charge in [0.05, 0.1) is 0 Å². The number of benzene rings is 4. The summed E-state index contributed by atoms with van der Waals surface area (Å²) >= 11 is 6.70. The number of phenolic OH excluding ortho intramolecular Hbond substituents is 1. The van der Waals surface area contributed by atoms with Crippen LogP contribution in [0.5, 0.6) is 23.0 Å². The molecule has 4 aromatic carbocycles. The third-order valence-corrected chi connectivity index (χ3v) is 17.7. The number of aromatic hydroxyl groups is 1. The van der Waals surface area contributed by atoms with Gasteiger partial charge in [0, 0.05) is 74.3 Å². The average molecular weight is 1120 g/mol. The zero-order valence-electron chi connectivity index (χ0n) is 48.4. The van der Waals surface area contributed by atoms with E-state index in [0.29, 0.717) is 38.5 Å². The molecule has 4 N–H and O–H groups in total. The molecule has 0 radical (unpaired) electrons. The average Bonchev–Trinajstić information content (AvgIpc) is 3.15. The van der Waals surface area contributed by atoms with Gasteiger partial charge >= 0.3 is 15.6 Å². The van der Waals surface area contributed by atoms with Crippen molar-refractivity contribution in [2.45, 2.75) is 229 Å². The lowest BCUT2D eigenvalue weighted by Gasteiger charge is -2.33. The van der Waals surface area contributed by atoms with E-state index in [4.69, 9.17) is 13.6 Å². The predicted molar refractivity (Wildman–Crippen MR) is 314 cm³/mol. The fourth-order valence-corrected chi connectivity index (χ4v) is 13.8. The molecule has 408 valence electrons. The lowest BCUT2D eigenvalue weighted by molar-refractivity contribution is 0.276. The van der Waals surface area contributed by atoms with Gasteiger partial charge in [-0.15, -0.1) is 47.0 Å². The molecule has 4 aromatic rings. The largest absolute Gasteiger partial charge is 0.584 e. The van der Waals surface area contributed by atoms with Gasteiger partial charge in [0.2, 0.25) is 0 Å². The topological polar surface area (TPSA) is 143 Å². The summed E-state index contributed by atoms with van der Waals surface area (Å²) in [6.45, 7) is 49.6. The lowest BCUT2D eigenvalue weighted by atomic mass is 9.79. The van der Waals surface area contributed by atoms with Crippen molar-refractivity contribution in [3.8, 4) is 23.0 Å². The normalized spacial score (nSPS) is 14.6. The van der Waals surface area contributed by atoms with Crippen molar-refractivity contribution < 1.29 is 42.5 Å². The van der Waals surface area contributed by atoms with Crippen LogP contribution in [0.1, 0.15) is 211 Å². The standard InChI is InChI=1S/C58H88O9P2S4/c1-51(2,3)39-25-35(26-40(47(39)59)52(4,5)6)70-33-71-37-29-43(55(13,14)15)49(44(30-37)56(16,17)18)66-69(63,64)67-50-45(57(19,20)21)31-38(32-46(50)58(22,23)24)73-34-72-36-27-41(53(7,8)9)48(65-68(60,61)62)42(28-36)54(10,11)12/h25-32,59H,33-34H2,1-24H3,(H,63,64)(H2,60,61,62). The summed E-state index contributed by atoms with van der Waals surface area (Å²) in [5, 5.41) is 12.6. The van der Waals surface area contributed by atoms with E-state index in [1.54, 1.807) is 47.0 Å². The number of rotatable bonds is 14. The first-order valence-corrected chi connectivity index (χ1v) is 31.9. The summed E-state index contributed by atoms with van der Waals surface area (Å²) < 4.78 is 45.3. The van der Waals surface area contributed by atoms with E-state index in [1.807, 2.05) is 65.8 Å². The Labute approximate surface area is 457 Å². The van der Waals surface area contributed by atoms with Crippen LogP contribution in [0.15, 0.2) is 68.1 Å². The molecule has 0 bridgehead atoms. The highest BCUT2D eigenvalue weighted by atomic mass is 32.2. The van der Waals surface area contributed by atoms with Gasteiger partial charge in [-0.05, 0) is 91.9 Å². The van der Waals surface area contributed by atoms with Crippen molar-refractivity contribution in [1.82, 2.24) is 0 Å². The van der Waals surface area contributed by atoms with Gasteiger partial charge in [0.15, 0.2) is 0 Å². The van der Waals surface area contributed by atoms with Crippen LogP contribution in [-0.4, -0.2) is 30.0 Å². The first-order valence-electron chi connectivity index (χ1n) is 24.9. The summed E-state index contributed by atoms with van der Waals surface area (Å²) in [7, 11) is -9.71. The fourth-order valence-electron chi connectivity index (χ4n) is 8.23. The quantitative estimate of drug-likeness (QED) is 0.0541. The number of phosphoric acid groups is 2. The van der Waals surface area contributed by atoms with Crippen molar-refractivity contribution in [3.05, 3.63) is 93.0 Å². The van der Waals surface area contributed by atoms with E-state index >= 15 is 0 Å². The molecule has 0 spiro atoms. The van der Waals surface area contributed by atoms with Gasteiger partial charge in [0.1, 0.15) is 23.0 Å². The van der Waals surface area contributed by atoms with Gasteiger partial charge in [-0.25, -0.2) is 9.13 Å². The van der Waals surface area contributed by atoms with Gasteiger partial charge in [0.25, 0.3) is 0 Å². The molecule has 0 aromatic heterocycles. The highest BCUT2D eigenvalue weighted by molar-refractivity contribution is 8.16. The van der Waals surface area contributed by atoms with E-state index in [2.05, 4.69) is 149 Å². The Kier molecular flexibility index (Phi) is 19.0. The molecule has 0 saturated heterocycles. The first-order chi connectivity index (χ1) is 32.5. The Morgan fingerprint density at radius 1 is 0.342 bits per heavy atom. The van der Waals surface area contributed by atoms with E-state index in [9.17, 15) is 28.9 Å². The van der Waals surface area contributed by atoms with E-state index in [0.717, 1.165) is 53.0 Å². The van der Waals surface area contributed by atoms with E-state index < -0.39 is 48.1 Å². The monoisotopic (exact) mass is 1120 g/mol. The Bertz CT molecular complexity index is 2600. The zero-order valence-corrected chi connectivity index (χ0v) is 53.4. The van der Waals surface area contributed by atoms with E-state index in [1.165, 1.54) is 0 Å². The number of hydrogen-bond acceptors (Lipinski definition) is 10. The maximum absolute atomic E-state index is 14.8. The molecule has 0 aliphatic heterocycles. The second-order valence-corrected chi connectivity index (χ2v) is 34.8. The molecule has 9 nitrogen and oxygen atoms in total. The highest BCUT2D eigenvalue weighted by Gasteiger charge is 2.39. The predicted octanol–water partition coefficient (Wildman–Crippen LogP) is 18.5. The second-order valence-electron chi connectivity index (χ2n) is 27.5. The maximum Gasteiger partial charge on any atom is 0.584 e. The van der Waals surface area contributed by atoms with Crippen LogP contribution in [0, 0.1) is 0 Å². The molecule has 0 aliphatic rings. The van der Waals surface area contributed by atoms with Crippen LogP contribution >= 0.6 is 62.7 Å². The Morgan fingerprint density at radius 3 is 0.699 bits per heavy atom. The Hall–Kier alpha value is -2.18. The van der Waals surface area contributed by atoms with Crippen LogP contribution in [0.4, 0.5) is 0 Å². The zero-order chi connectivity index (χ0) is 56.3. The molecule has 0 saturated carbocycles. The molecular formula is C58H88O9P2S4. The minimum Gasteiger partial charge on any atom is -0.507 e. The molecule has 0 amide bonds. The van der Waals surface area contributed by atoms with Gasteiger partial charge in [-0.2, -0.15) is 0 Å². The lowest BCUT2D eigenvalue weighted by Crippen LogP contribution is -2.22. The summed E-state index contributed by atoms with van der Waals surface area (Å²) in [5.74, 6) is 1.25. The SMILES string of the molecule is CC(C)(C)c1cc(SCSc2cc(C(C)(C)C)c(OP(=O)(O)Oc3c(C(C)(C)C)cc(SCSc4cc(C(C)(C)C)c(OP(=O)(O)O)c(C(C)(C)C)c4)cc3C(C)(C)C)c(C(C)(C)C)c2)cc(C(C)(C)C)c1O. The number of hydrogen-bond donors (Lipinski definition) is 4. The highest BCUT2D eigenvalue weighted by Crippen LogP contribution is 2.56. The van der Waals surface area contributed by atoms with Crippen LogP contribution in [-0.2, 0) is 52.5 Å². The van der Waals surface area contributed by atoms with Crippen LogP contribution in [0.25, 0.3) is 0 Å². The van der Waals surface area contributed by atoms with Gasteiger partial charge in [-0.1, -0.05) is 166 Å². The molecule has 4 rings (SSSR count). The minimum atomic E-state index is -4.87. The van der Waals surface area contributed by atoms with Gasteiger partial charge < -0.3 is 18.7 Å².